The summed E-state index contributed by atoms with van der Waals surface area (Å²) in [6, 6.07) is 11.9. The van der Waals surface area contributed by atoms with Crippen LogP contribution in [-0.4, -0.2) is 18.3 Å². The lowest BCUT2D eigenvalue weighted by atomic mass is 9.90. The zero-order valence-electron chi connectivity index (χ0n) is 15.2. The number of nitrogens with one attached hydrogen (secondary N) is 1. The van der Waals surface area contributed by atoms with E-state index in [4.69, 9.17) is 9.40 Å². The second-order valence-electron chi connectivity index (χ2n) is 7.22. The smallest absolute Gasteiger partial charge is 0.131 e. The summed E-state index contributed by atoms with van der Waals surface area (Å²) in [5, 5.41) is 4.29. The molecule has 0 spiro atoms. The van der Waals surface area contributed by atoms with Crippen LogP contribution in [0.5, 0.6) is 0 Å². The number of rotatable bonds is 4. The molecule has 1 aromatic carbocycles. The first-order valence-electron chi connectivity index (χ1n) is 8.99. The minimum Gasteiger partial charge on any atom is -0.472 e. The molecular formula is C21H23N2O2P. The Morgan fingerprint density at radius 2 is 1.85 bits per heavy atom. The molecule has 1 aliphatic carbocycles. The largest absolute Gasteiger partial charge is 0.472 e. The molecule has 2 aromatic heterocycles. The number of hydrogen-bond acceptors (Lipinski definition) is 4. The Hall–Kier alpha value is -2.32. The second kappa shape index (κ2) is 6.77. The molecule has 0 aliphatic heterocycles. The Labute approximate surface area is 154 Å². The van der Waals surface area contributed by atoms with E-state index in [1.165, 1.54) is 29.7 Å². The van der Waals surface area contributed by atoms with Crippen molar-refractivity contribution in [3.8, 4) is 11.1 Å². The number of fused-ring (bicyclic) bond motifs is 1. The van der Waals surface area contributed by atoms with Crippen molar-refractivity contribution in [1.82, 2.24) is 4.98 Å². The summed E-state index contributed by atoms with van der Waals surface area (Å²) in [6.07, 6.45) is 7.99. The van der Waals surface area contributed by atoms with Gasteiger partial charge in [-0.15, -0.1) is 0 Å². The van der Waals surface area contributed by atoms with Gasteiger partial charge in [-0.05, 0) is 86.5 Å². The van der Waals surface area contributed by atoms with Crippen LogP contribution < -0.4 is 10.6 Å². The fourth-order valence-electron chi connectivity index (χ4n) is 3.50. The van der Waals surface area contributed by atoms with Gasteiger partial charge < -0.3 is 14.3 Å². The molecule has 0 saturated heterocycles. The van der Waals surface area contributed by atoms with Crippen LogP contribution >= 0.6 is 7.14 Å². The van der Waals surface area contributed by atoms with E-state index in [-0.39, 0.29) is 0 Å². The van der Waals surface area contributed by atoms with Gasteiger partial charge >= 0.3 is 0 Å². The first-order valence-corrected chi connectivity index (χ1v) is 11.6. The second-order valence-corrected chi connectivity index (χ2v) is 10.4. The number of hydrogen-bond donors (Lipinski definition) is 1. The van der Waals surface area contributed by atoms with Crippen LogP contribution in [0.2, 0.25) is 0 Å². The quantitative estimate of drug-likeness (QED) is 0.644. The Balaban J connectivity index is 1.69. The highest BCUT2D eigenvalue weighted by Gasteiger charge is 2.18. The predicted octanol–water partition coefficient (Wildman–Crippen LogP) is 5.21. The van der Waals surface area contributed by atoms with Crippen LogP contribution in [0.3, 0.4) is 0 Å². The molecule has 0 unspecified atom stereocenters. The van der Waals surface area contributed by atoms with E-state index in [2.05, 4.69) is 11.4 Å². The fourth-order valence-corrected chi connectivity index (χ4v) is 4.36. The zero-order chi connectivity index (χ0) is 18.1. The van der Waals surface area contributed by atoms with Crippen molar-refractivity contribution in [3.63, 3.8) is 0 Å². The number of pyridine rings is 1. The number of anilines is 2. The number of aryl methyl sites for hydroxylation is 1. The minimum atomic E-state index is -2.23. The minimum absolute atomic E-state index is 0.839. The molecule has 3 aromatic rings. The first kappa shape index (κ1) is 17.1. The van der Waals surface area contributed by atoms with Crippen molar-refractivity contribution < 1.29 is 8.98 Å². The molecule has 2 heterocycles. The molecule has 4 rings (SSSR count). The van der Waals surface area contributed by atoms with Gasteiger partial charge in [0.15, 0.2) is 0 Å². The Bertz CT molecular complexity index is 956. The van der Waals surface area contributed by atoms with Gasteiger partial charge in [0.05, 0.1) is 12.5 Å². The van der Waals surface area contributed by atoms with Crippen LogP contribution in [0, 0.1) is 0 Å². The molecule has 0 fully saturated rings. The molecule has 0 bridgehead atoms. The van der Waals surface area contributed by atoms with Crippen molar-refractivity contribution in [1.29, 1.82) is 0 Å². The van der Waals surface area contributed by atoms with Crippen molar-refractivity contribution >= 4 is 24.0 Å². The fraction of sp³-hybridized carbons (Fsp3) is 0.286. The Morgan fingerprint density at radius 3 is 2.54 bits per heavy atom. The maximum atomic E-state index is 12.2. The molecule has 5 heteroatoms. The summed E-state index contributed by atoms with van der Waals surface area (Å²) in [5.74, 6) is 0.839. The molecule has 0 amide bonds. The third-order valence-corrected chi connectivity index (χ3v) is 6.44. The highest BCUT2D eigenvalue weighted by Crippen LogP contribution is 2.36. The normalized spacial score (nSPS) is 14.1. The van der Waals surface area contributed by atoms with Crippen molar-refractivity contribution in [2.75, 3.05) is 18.6 Å². The molecule has 134 valence electrons. The van der Waals surface area contributed by atoms with Crippen LogP contribution in [0.1, 0.15) is 24.1 Å². The van der Waals surface area contributed by atoms with E-state index in [0.29, 0.717) is 0 Å². The highest BCUT2D eigenvalue weighted by atomic mass is 31.2. The van der Waals surface area contributed by atoms with Crippen LogP contribution in [0.4, 0.5) is 11.5 Å². The Kier molecular flexibility index (Phi) is 4.46. The summed E-state index contributed by atoms with van der Waals surface area (Å²) in [6.45, 7) is 3.58. The highest BCUT2D eigenvalue weighted by molar-refractivity contribution is 7.70. The van der Waals surface area contributed by atoms with Crippen molar-refractivity contribution in [2.45, 2.75) is 25.7 Å². The molecule has 0 radical (unpaired) electrons. The summed E-state index contributed by atoms with van der Waals surface area (Å²) in [5.41, 5.74) is 5.77. The van der Waals surface area contributed by atoms with Gasteiger partial charge in [0.1, 0.15) is 13.0 Å². The molecule has 4 nitrogen and oxygen atoms in total. The van der Waals surface area contributed by atoms with E-state index in [9.17, 15) is 4.57 Å². The lowest BCUT2D eigenvalue weighted by Crippen LogP contribution is -2.09. The summed E-state index contributed by atoms with van der Waals surface area (Å²) < 4.78 is 17.5. The zero-order valence-corrected chi connectivity index (χ0v) is 16.1. The van der Waals surface area contributed by atoms with E-state index >= 15 is 0 Å². The van der Waals surface area contributed by atoms with E-state index < -0.39 is 7.14 Å². The molecule has 0 saturated carbocycles. The standard InChI is InChI=1S/C21H23N2O2P/c1-26(2,24)17-9-7-16(8-10-17)22-21-13-19(15-11-12-25-14-15)18-5-3-4-6-20(18)23-21/h7-14H,3-6H2,1-2H3,(H,22,23). The third-order valence-electron chi connectivity index (χ3n) is 4.89. The van der Waals surface area contributed by atoms with Crippen LogP contribution in [0.25, 0.3) is 11.1 Å². The van der Waals surface area contributed by atoms with Crippen LogP contribution in [0.15, 0.2) is 53.3 Å². The van der Waals surface area contributed by atoms with Gasteiger partial charge in [-0.25, -0.2) is 4.98 Å². The molecule has 26 heavy (non-hydrogen) atoms. The first-order chi connectivity index (χ1) is 12.5. The number of benzene rings is 1. The average Bonchev–Trinajstić information content (AvgIpc) is 3.15. The Morgan fingerprint density at radius 1 is 1.08 bits per heavy atom. The molecule has 1 N–H and O–H groups in total. The van der Waals surface area contributed by atoms with E-state index in [0.717, 1.165) is 35.2 Å². The number of aromatic nitrogens is 1. The topological polar surface area (TPSA) is 55.1 Å². The van der Waals surface area contributed by atoms with Gasteiger partial charge in [0.2, 0.25) is 0 Å². The number of nitrogens with zero attached hydrogens (tertiary/aromatic N) is 1. The van der Waals surface area contributed by atoms with Crippen molar-refractivity contribution in [2.24, 2.45) is 0 Å². The number of furan rings is 1. The lowest BCUT2D eigenvalue weighted by Gasteiger charge is -2.20. The molecule has 1 aliphatic rings. The van der Waals surface area contributed by atoms with E-state index in [1.807, 2.05) is 30.3 Å². The maximum Gasteiger partial charge on any atom is 0.131 e. The summed E-state index contributed by atoms with van der Waals surface area (Å²) in [4.78, 5) is 4.85. The monoisotopic (exact) mass is 366 g/mol. The third kappa shape index (κ3) is 3.47. The van der Waals surface area contributed by atoms with E-state index in [1.54, 1.807) is 25.9 Å². The van der Waals surface area contributed by atoms with Gasteiger partial charge in [0.25, 0.3) is 0 Å². The molecular weight excluding hydrogens is 343 g/mol. The SMILES string of the molecule is CP(C)(=O)c1ccc(Nc2cc(-c3ccoc3)c3c(n2)CCCC3)cc1. The summed E-state index contributed by atoms with van der Waals surface area (Å²) in [7, 11) is -2.23. The average molecular weight is 366 g/mol. The van der Waals surface area contributed by atoms with Gasteiger partial charge in [0, 0.05) is 22.2 Å². The van der Waals surface area contributed by atoms with Crippen LogP contribution in [-0.2, 0) is 17.4 Å². The van der Waals surface area contributed by atoms with Gasteiger partial charge in [-0.3, -0.25) is 0 Å². The molecule has 0 atom stereocenters. The predicted molar refractivity (Wildman–Crippen MR) is 107 cm³/mol. The lowest BCUT2D eigenvalue weighted by molar-refractivity contribution is 0.568. The maximum absolute atomic E-state index is 12.2. The van der Waals surface area contributed by atoms with Crippen molar-refractivity contribution in [3.05, 3.63) is 60.2 Å². The van der Waals surface area contributed by atoms with Gasteiger partial charge in [-0.2, -0.15) is 0 Å². The van der Waals surface area contributed by atoms with Gasteiger partial charge in [-0.1, -0.05) is 0 Å². The summed E-state index contributed by atoms with van der Waals surface area (Å²) >= 11 is 0.